The van der Waals surface area contributed by atoms with Crippen molar-refractivity contribution < 1.29 is 28.6 Å². The molecule has 1 aromatic rings. The molecule has 0 spiro atoms. The Labute approximate surface area is 155 Å². The molecule has 0 amide bonds. The number of ether oxygens (including phenoxy) is 3. The molecule has 0 aliphatic heterocycles. The largest absolute Gasteiger partial charge is 0.468 e. The molecule has 0 radical (unpaired) electrons. The first-order valence-corrected chi connectivity index (χ1v) is 11.3. The summed E-state index contributed by atoms with van der Waals surface area (Å²) < 4.78 is 14.6. The molecule has 0 fully saturated rings. The molecule has 1 aromatic carbocycles. The monoisotopic (exact) mass is 378 g/mol. The van der Waals surface area contributed by atoms with Crippen molar-refractivity contribution in [3.63, 3.8) is 0 Å². The van der Waals surface area contributed by atoms with Crippen LogP contribution < -0.4 is 5.19 Å². The minimum absolute atomic E-state index is 0.0863. The number of carbonyl (C=O) groups excluding carboxylic acids is 3. The number of allylic oxidation sites excluding steroid dienone is 1. The number of benzene rings is 1. The van der Waals surface area contributed by atoms with E-state index in [0.717, 1.165) is 10.4 Å². The number of hydrogen-bond donors (Lipinski definition) is 0. The highest BCUT2D eigenvalue weighted by atomic mass is 28.3. The summed E-state index contributed by atoms with van der Waals surface area (Å²) in [5.41, 5.74) is 0. The van der Waals surface area contributed by atoms with Gasteiger partial charge in [-0.3, -0.25) is 14.4 Å². The lowest BCUT2D eigenvalue weighted by Gasteiger charge is -2.28. The van der Waals surface area contributed by atoms with Gasteiger partial charge in [-0.15, -0.1) is 0 Å². The average Bonchev–Trinajstić information content (AvgIpc) is 2.63. The number of esters is 3. The number of hydrogen-bond acceptors (Lipinski definition) is 6. The fraction of sp³-hybridized carbons (Fsp3) is 0.421. The third-order valence-electron chi connectivity index (χ3n) is 4.31. The Kier molecular flexibility index (Phi) is 8.25. The first-order valence-electron chi connectivity index (χ1n) is 8.28. The topological polar surface area (TPSA) is 78.9 Å². The van der Waals surface area contributed by atoms with Crippen molar-refractivity contribution in [2.24, 2.45) is 5.92 Å². The third-order valence-corrected chi connectivity index (χ3v) is 8.10. The molecule has 0 N–H and O–H groups in total. The highest BCUT2D eigenvalue weighted by Crippen LogP contribution is 2.24. The van der Waals surface area contributed by atoms with Gasteiger partial charge >= 0.3 is 17.9 Å². The van der Waals surface area contributed by atoms with E-state index < -0.39 is 31.9 Å². The summed E-state index contributed by atoms with van der Waals surface area (Å²) in [6.45, 7) is 5.66. The first-order chi connectivity index (χ1) is 12.2. The zero-order valence-corrected chi connectivity index (χ0v) is 16.9. The van der Waals surface area contributed by atoms with Crippen LogP contribution in [-0.2, 0) is 28.6 Å². The van der Waals surface area contributed by atoms with E-state index in [1.807, 2.05) is 30.3 Å². The van der Waals surface area contributed by atoms with Crippen LogP contribution in [0.4, 0.5) is 0 Å². The quantitative estimate of drug-likeness (QED) is 0.298. The minimum atomic E-state index is -2.21. The van der Waals surface area contributed by atoms with E-state index in [9.17, 15) is 14.4 Å². The molecule has 0 saturated heterocycles. The Balaban J connectivity index is 3.25. The molecular formula is C19H26O6Si. The summed E-state index contributed by atoms with van der Waals surface area (Å²) in [7, 11) is 0.266. The highest BCUT2D eigenvalue weighted by molar-refractivity contribution is 6.95. The summed E-state index contributed by atoms with van der Waals surface area (Å²) >= 11 is 0. The molecule has 26 heavy (non-hydrogen) atoms. The Morgan fingerprint density at radius 3 is 2.04 bits per heavy atom. The Morgan fingerprint density at radius 1 is 1.04 bits per heavy atom. The fourth-order valence-corrected chi connectivity index (χ4v) is 5.37. The van der Waals surface area contributed by atoms with E-state index in [2.05, 4.69) is 13.1 Å². The second kappa shape index (κ2) is 9.91. The van der Waals surface area contributed by atoms with E-state index in [1.165, 1.54) is 21.1 Å². The molecule has 0 aliphatic rings. The summed E-state index contributed by atoms with van der Waals surface area (Å²) in [5.74, 6) is -2.73. The van der Waals surface area contributed by atoms with Crippen LogP contribution in [0.15, 0.2) is 41.6 Å². The van der Waals surface area contributed by atoms with E-state index in [0.29, 0.717) is 0 Å². The summed E-state index contributed by atoms with van der Waals surface area (Å²) in [5, 5.41) is 2.05. The van der Waals surface area contributed by atoms with Crippen molar-refractivity contribution in [1.29, 1.82) is 0 Å². The molecule has 0 aliphatic carbocycles. The lowest BCUT2D eigenvalue weighted by molar-refractivity contribution is -0.158. The lowest BCUT2D eigenvalue weighted by Crippen LogP contribution is -2.45. The Morgan fingerprint density at radius 2 is 1.58 bits per heavy atom. The van der Waals surface area contributed by atoms with Crippen molar-refractivity contribution in [3.8, 4) is 0 Å². The van der Waals surface area contributed by atoms with Gasteiger partial charge in [-0.1, -0.05) is 59.9 Å². The molecule has 0 atom stereocenters. The maximum Gasteiger partial charge on any atom is 0.320 e. The predicted molar refractivity (Wildman–Crippen MR) is 100 cm³/mol. The van der Waals surface area contributed by atoms with Crippen LogP contribution in [0, 0.1) is 5.92 Å². The van der Waals surface area contributed by atoms with Gasteiger partial charge in [0.1, 0.15) is 14.7 Å². The Hall–Kier alpha value is -2.41. The van der Waals surface area contributed by atoms with Gasteiger partial charge in [0.25, 0.3) is 0 Å². The van der Waals surface area contributed by atoms with Gasteiger partial charge in [0.05, 0.1) is 14.2 Å². The van der Waals surface area contributed by atoms with Crippen molar-refractivity contribution in [2.75, 3.05) is 20.8 Å². The van der Waals surface area contributed by atoms with Crippen LogP contribution in [0.25, 0.3) is 0 Å². The van der Waals surface area contributed by atoms with Crippen LogP contribution >= 0.6 is 0 Å². The maximum absolute atomic E-state index is 12.1. The molecule has 1 rings (SSSR count). The van der Waals surface area contributed by atoms with Gasteiger partial charge in [0.15, 0.2) is 5.92 Å². The van der Waals surface area contributed by atoms with Gasteiger partial charge in [0.2, 0.25) is 0 Å². The average molecular weight is 378 g/mol. The molecule has 142 valence electrons. The smallest absolute Gasteiger partial charge is 0.320 e. The molecule has 0 saturated carbocycles. The summed E-state index contributed by atoms with van der Waals surface area (Å²) in [6, 6.07) is 9.88. The van der Waals surface area contributed by atoms with Gasteiger partial charge in [-0.05, 0) is 6.42 Å². The van der Waals surface area contributed by atoms with E-state index >= 15 is 0 Å². The zero-order chi connectivity index (χ0) is 19.7. The van der Waals surface area contributed by atoms with Crippen LogP contribution in [0.3, 0.4) is 0 Å². The van der Waals surface area contributed by atoms with Crippen molar-refractivity contribution in [1.82, 2.24) is 0 Å². The molecule has 7 heteroatoms. The molecule has 6 nitrogen and oxygen atoms in total. The third kappa shape index (κ3) is 5.84. The van der Waals surface area contributed by atoms with Gasteiger partial charge < -0.3 is 14.2 Å². The zero-order valence-electron chi connectivity index (χ0n) is 15.9. The van der Waals surface area contributed by atoms with Gasteiger partial charge in [-0.2, -0.15) is 0 Å². The molecule has 0 unspecified atom stereocenters. The van der Waals surface area contributed by atoms with Crippen molar-refractivity contribution in [2.45, 2.75) is 26.4 Å². The standard InChI is InChI=1S/C19H26O6Si/c1-14(20)25-12-11-16(13-17(18(21)23-2)19(22)24-3)26(4,5)15-9-7-6-8-10-15/h6-11,17H,12-13H2,1-5H3/b16-11+. The van der Waals surface area contributed by atoms with Crippen molar-refractivity contribution >= 4 is 31.2 Å². The normalized spacial score (nSPS) is 11.8. The Bertz CT molecular complexity index is 650. The predicted octanol–water partition coefficient (Wildman–Crippen LogP) is 1.98. The van der Waals surface area contributed by atoms with Crippen LogP contribution in [-0.4, -0.2) is 46.8 Å². The maximum atomic E-state index is 12.1. The lowest BCUT2D eigenvalue weighted by atomic mass is 10.1. The highest BCUT2D eigenvalue weighted by Gasteiger charge is 2.36. The first kappa shape index (κ1) is 21.6. The van der Waals surface area contributed by atoms with E-state index in [-0.39, 0.29) is 13.0 Å². The summed E-state index contributed by atoms with van der Waals surface area (Å²) in [6.07, 6.45) is 1.95. The molecular weight excluding hydrogens is 352 g/mol. The number of carbonyl (C=O) groups is 3. The molecule has 0 heterocycles. The number of rotatable bonds is 8. The fourth-order valence-electron chi connectivity index (χ4n) is 2.66. The van der Waals surface area contributed by atoms with E-state index in [4.69, 9.17) is 14.2 Å². The number of methoxy groups -OCH3 is 2. The van der Waals surface area contributed by atoms with Crippen molar-refractivity contribution in [3.05, 3.63) is 41.6 Å². The minimum Gasteiger partial charge on any atom is -0.468 e. The summed E-state index contributed by atoms with van der Waals surface area (Å²) in [4.78, 5) is 35.2. The molecule has 0 aromatic heterocycles. The molecule has 0 bridgehead atoms. The second-order valence-corrected chi connectivity index (χ2v) is 10.8. The second-order valence-electron chi connectivity index (χ2n) is 6.33. The van der Waals surface area contributed by atoms with Crippen LogP contribution in [0.1, 0.15) is 13.3 Å². The van der Waals surface area contributed by atoms with Gasteiger partial charge in [-0.25, -0.2) is 0 Å². The SMILES string of the molecule is COC(=O)C(C/C(=C\COC(C)=O)[Si](C)(C)c1ccccc1)C(=O)OC. The van der Waals surface area contributed by atoms with Crippen LogP contribution in [0.2, 0.25) is 13.1 Å². The van der Waals surface area contributed by atoms with Crippen LogP contribution in [0.5, 0.6) is 0 Å². The van der Waals surface area contributed by atoms with Gasteiger partial charge in [0, 0.05) is 6.92 Å². The van der Waals surface area contributed by atoms with E-state index in [1.54, 1.807) is 6.08 Å².